The summed E-state index contributed by atoms with van der Waals surface area (Å²) in [7, 11) is 0. The molecule has 8 heteroatoms. The monoisotopic (exact) mass is 340 g/mol. The third-order valence-electron chi connectivity index (χ3n) is 3.09. The quantitative estimate of drug-likeness (QED) is 0.680. The Labute approximate surface area is 138 Å². The van der Waals surface area contributed by atoms with Crippen molar-refractivity contribution in [1.29, 1.82) is 0 Å². The number of amides is 2. The Kier molecular flexibility index (Phi) is 5.73. The summed E-state index contributed by atoms with van der Waals surface area (Å²) in [5.74, 6) is -0.0241. The highest BCUT2D eigenvalue weighted by Gasteiger charge is 2.23. The fourth-order valence-electron chi connectivity index (χ4n) is 2.02. The van der Waals surface area contributed by atoms with Gasteiger partial charge in [0.15, 0.2) is 11.5 Å². The third kappa shape index (κ3) is 5.04. The number of rotatable bonds is 5. The minimum atomic E-state index is -1.06. The Balaban J connectivity index is 1.90. The number of aliphatic hydroxyl groups is 1. The van der Waals surface area contributed by atoms with Crippen LogP contribution >= 0.6 is 11.8 Å². The first-order valence-corrected chi connectivity index (χ1v) is 8.51. The molecule has 126 valence electrons. The SMILES string of the molecule is CSCC(C)(O)CNC(=O)C(=O)Nc1ccc2c(c1)OCCO2. The Morgan fingerprint density at radius 3 is 2.65 bits per heavy atom. The summed E-state index contributed by atoms with van der Waals surface area (Å²) in [5, 5.41) is 14.9. The summed E-state index contributed by atoms with van der Waals surface area (Å²) in [6, 6.07) is 4.90. The minimum absolute atomic E-state index is 0.00122. The smallest absolute Gasteiger partial charge is 0.313 e. The van der Waals surface area contributed by atoms with Gasteiger partial charge in [-0.05, 0) is 25.3 Å². The Morgan fingerprint density at radius 2 is 1.96 bits per heavy atom. The maximum absolute atomic E-state index is 11.9. The van der Waals surface area contributed by atoms with E-state index in [0.29, 0.717) is 36.2 Å². The highest BCUT2D eigenvalue weighted by Crippen LogP contribution is 2.32. The largest absolute Gasteiger partial charge is 0.486 e. The molecule has 0 saturated carbocycles. The van der Waals surface area contributed by atoms with Gasteiger partial charge in [0.25, 0.3) is 0 Å². The summed E-state index contributed by atoms with van der Waals surface area (Å²) < 4.78 is 10.8. The van der Waals surface area contributed by atoms with Crippen molar-refractivity contribution in [2.24, 2.45) is 0 Å². The number of carbonyl (C=O) groups excluding carboxylic acids is 2. The summed E-state index contributed by atoms with van der Waals surface area (Å²) in [5.41, 5.74) is -0.628. The molecule has 0 spiro atoms. The van der Waals surface area contributed by atoms with Crippen LogP contribution in [0.25, 0.3) is 0 Å². The summed E-state index contributed by atoms with van der Waals surface area (Å²) >= 11 is 1.46. The molecule has 1 atom stereocenters. The summed E-state index contributed by atoms with van der Waals surface area (Å²) in [6.45, 7) is 2.52. The molecular weight excluding hydrogens is 320 g/mol. The van der Waals surface area contributed by atoms with E-state index in [4.69, 9.17) is 9.47 Å². The Bertz CT molecular complexity index is 591. The summed E-state index contributed by atoms with van der Waals surface area (Å²) in [6.07, 6.45) is 1.85. The van der Waals surface area contributed by atoms with Crippen LogP contribution in [0.4, 0.5) is 5.69 Å². The van der Waals surface area contributed by atoms with Crippen molar-refractivity contribution in [3.8, 4) is 11.5 Å². The standard InChI is InChI=1S/C15H20N2O5S/c1-15(20,9-23-2)8-16-13(18)14(19)17-10-3-4-11-12(7-10)22-6-5-21-11/h3-4,7,20H,5-6,8-9H2,1-2H3,(H,16,18)(H,17,19). The molecule has 23 heavy (non-hydrogen) atoms. The molecule has 2 amide bonds. The van der Waals surface area contributed by atoms with Crippen molar-refractivity contribution in [1.82, 2.24) is 5.32 Å². The highest BCUT2D eigenvalue weighted by molar-refractivity contribution is 7.98. The van der Waals surface area contributed by atoms with Crippen LogP contribution in [-0.2, 0) is 9.59 Å². The number of carbonyl (C=O) groups is 2. The van der Waals surface area contributed by atoms with Crippen LogP contribution in [0.5, 0.6) is 11.5 Å². The normalized spacial score (nSPS) is 15.4. The van der Waals surface area contributed by atoms with Crippen LogP contribution in [0.15, 0.2) is 18.2 Å². The molecule has 0 aliphatic carbocycles. The molecule has 2 rings (SSSR count). The van der Waals surface area contributed by atoms with E-state index < -0.39 is 17.4 Å². The molecular formula is C15H20N2O5S. The zero-order valence-corrected chi connectivity index (χ0v) is 13.9. The number of hydrogen-bond donors (Lipinski definition) is 3. The molecule has 1 aliphatic heterocycles. The molecule has 1 heterocycles. The third-order valence-corrected chi connectivity index (χ3v) is 4.00. The lowest BCUT2D eigenvalue weighted by Crippen LogP contribution is -2.45. The lowest BCUT2D eigenvalue weighted by atomic mass is 10.1. The molecule has 3 N–H and O–H groups in total. The number of anilines is 1. The second-order valence-corrected chi connectivity index (χ2v) is 6.29. The number of thioether (sulfide) groups is 1. The first-order valence-electron chi connectivity index (χ1n) is 7.11. The van der Waals surface area contributed by atoms with Gasteiger partial charge in [0, 0.05) is 24.1 Å². The lowest BCUT2D eigenvalue weighted by Gasteiger charge is -2.22. The van der Waals surface area contributed by atoms with E-state index in [9.17, 15) is 14.7 Å². The fraction of sp³-hybridized carbons (Fsp3) is 0.467. The van der Waals surface area contributed by atoms with Gasteiger partial charge >= 0.3 is 11.8 Å². The van der Waals surface area contributed by atoms with Gasteiger partial charge in [0.1, 0.15) is 13.2 Å². The van der Waals surface area contributed by atoms with E-state index in [-0.39, 0.29) is 6.54 Å². The molecule has 0 saturated heterocycles. The second kappa shape index (κ2) is 7.56. The van der Waals surface area contributed by atoms with Gasteiger partial charge in [-0.15, -0.1) is 0 Å². The van der Waals surface area contributed by atoms with E-state index in [2.05, 4.69) is 10.6 Å². The van der Waals surface area contributed by atoms with Crippen LogP contribution in [0.2, 0.25) is 0 Å². The van der Waals surface area contributed by atoms with Gasteiger partial charge in [0.2, 0.25) is 0 Å². The zero-order chi connectivity index (χ0) is 16.9. The molecule has 0 aromatic heterocycles. The van der Waals surface area contributed by atoms with Crippen LogP contribution in [0.1, 0.15) is 6.92 Å². The molecule has 1 aromatic rings. The first-order chi connectivity index (χ1) is 10.9. The van der Waals surface area contributed by atoms with Crippen molar-refractivity contribution >= 4 is 29.3 Å². The van der Waals surface area contributed by atoms with Gasteiger partial charge in [0.05, 0.1) is 5.60 Å². The van der Waals surface area contributed by atoms with E-state index in [0.717, 1.165) is 0 Å². The van der Waals surface area contributed by atoms with Crippen molar-refractivity contribution in [2.45, 2.75) is 12.5 Å². The van der Waals surface area contributed by atoms with E-state index in [1.165, 1.54) is 11.8 Å². The average molecular weight is 340 g/mol. The molecule has 0 radical (unpaired) electrons. The first kappa shape index (κ1) is 17.4. The van der Waals surface area contributed by atoms with Crippen LogP contribution in [0, 0.1) is 0 Å². The van der Waals surface area contributed by atoms with Crippen LogP contribution in [-0.4, -0.2) is 54.3 Å². The average Bonchev–Trinajstić information content (AvgIpc) is 2.52. The van der Waals surface area contributed by atoms with Gasteiger partial charge in [-0.2, -0.15) is 11.8 Å². The maximum Gasteiger partial charge on any atom is 0.313 e. The fourth-order valence-corrected chi connectivity index (χ4v) is 2.75. The number of fused-ring (bicyclic) bond motifs is 1. The minimum Gasteiger partial charge on any atom is -0.486 e. The van der Waals surface area contributed by atoms with E-state index >= 15 is 0 Å². The molecule has 7 nitrogen and oxygen atoms in total. The lowest BCUT2D eigenvalue weighted by molar-refractivity contribution is -0.136. The van der Waals surface area contributed by atoms with Gasteiger partial charge in [-0.1, -0.05) is 0 Å². The second-order valence-electron chi connectivity index (χ2n) is 5.43. The molecule has 1 unspecified atom stereocenters. The topological polar surface area (TPSA) is 96.9 Å². The van der Waals surface area contributed by atoms with Crippen LogP contribution in [0.3, 0.4) is 0 Å². The number of hydrogen-bond acceptors (Lipinski definition) is 6. The van der Waals surface area contributed by atoms with Crippen molar-refractivity contribution in [2.75, 3.05) is 37.1 Å². The summed E-state index contributed by atoms with van der Waals surface area (Å²) in [4.78, 5) is 23.7. The molecule has 0 bridgehead atoms. The highest BCUT2D eigenvalue weighted by atomic mass is 32.2. The van der Waals surface area contributed by atoms with E-state index in [1.54, 1.807) is 25.1 Å². The Hall–Kier alpha value is -1.93. The predicted molar refractivity (Wildman–Crippen MR) is 88.1 cm³/mol. The maximum atomic E-state index is 11.9. The molecule has 1 aliphatic rings. The van der Waals surface area contributed by atoms with Crippen molar-refractivity contribution in [3.05, 3.63) is 18.2 Å². The predicted octanol–water partition coefficient (Wildman–Crippen LogP) is 0.626. The zero-order valence-electron chi connectivity index (χ0n) is 13.0. The van der Waals surface area contributed by atoms with Gasteiger partial charge in [-0.25, -0.2) is 0 Å². The molecule has 0 fully saturated rings. The van der Waals surface area contributed by atoms with E-state index in [1.807, 2.05) is 6.26 Å². The Morgan fingerprint density at radius 1 is 1.26 bits per heavy atom. The van der Waals surface area contributed by atoms with Gasteiger partial charge < -0.3 is 25.2 Å². The van der Waals surface area contributed by atoms with Crippen molar-refractivity contribution in [3.63, 3.8) is 0 Å². The van der Waals surface area contributed by atoms with Gasteiger partial charge in [-0.3, -0.25) is 9.59 Å². The number of ether oxygens (including phenoxy) is 2. The molecule has 1 aromatic carbocycles. The number of benzene rings is 1. The number of nitrogens with one attached hydrogen (secondary N) is 2. The van der Waals surface area contributed by atoms with Crippen molar-refractivity contribution < 1.29 is 24.2 Å². The van der Waals surface area contributed by atoms with Crippen LogP contribution < -0.4 is 20.1 Å².